The van der Waals surface area contributed by atoms with Gasteiger partial charge in [0, 0.05) is 12.3 Å². The maximum Gasteiger partial charge on any atom is 0.191 e. The molecule has 1 unspecified atom stereocenters. The number of thioether (sulfide) groups is 1. The van der Waals surface area contributed by atoms with Crippen LogP contribution in [0.1, 0.15) is 25.5 Å². The van der Waals surface area contributed by atoms with E-state index in [9.17, 15) is 0 Å². The highest BCUT2D eigenvalue weighted by Gasteiger charge is 2.21. The molecule has 0 bridgehead atoms. The van der Waals surface area contributed by atoms with E-state index in [1.807, 2.05) is 35.1 Å². The van der Waals surface area contributed by atoms with Crippen molar-refractivity contribution in [3.8, 4) is 5.75 Å². The van der Waals surface area contributed by atoms with Crippen LogP contribution in [0, 0.1) is 0 Å². The van der Waals surface area contributed by atoms with Crippen LogP contribution in [0.15, 0.2) is 35.7 Å². The molecule has 4 rings (SSSR count). The van der Waals surface area contributed by atoms with E-state index >= 15 is 0 Å². The minimum Gasteiger partial charge on any atom is -0.497 e. The summed E-state index contributed by atoms with van der Waals surface area (Å²) < 4.78 is 13.1. The maximum absolute atomic E-state index is 5.91. The zero-order valence-corrected chi connectivity index (χ0v) is 15.6. The SMILES string of the molecule is COc1ccc(Nc2nc(SC)nc3c2ncn3C2CCCCO2)cc1. The van der Waals surface area contributed by atoms with Crippen molar-refractivity contribution in [3.63, 3.8) is 0 Å². The number of benzene rings is 1. The highest BCUT2D eigenvalue weighted by atomic mass is 32.2. The third-order valence-corrected chi connectivity index (χ3v) is 4.95. The summed E-state index contributed by atoms with van der Waals surface area (Å²) in [5.41, 5.74) is 2.46. The normalized spacial score (nSPS) is 17.4. The molecule has 1 fully saturated rings. The Hall–Kier alpha value is -2.32. The Labute approximate surface area is 156 Å². The van der Waals surface area contributed by atoms with Crippen molar-refractivity contribution in [3.05, 3.63) is 30.6 Å². The van der Waals surface area contributed by atoms with Crippen molar-refractivity contribution in [2.75, 3.05) is 25.3 Å². The molecule has 1 saturated heterocycles. The molecule has 2 aromatic heterocycles. The number of nitrogens with one attached hydrogen (secondary N) is 1. The molecule has 0 spiro atoms. The summed E-state index contributed by atoms with van der Waals surface area (Å²) in [6.07, 6.45) is 7.01. The molecule has 1 aliphatic rings. The molecule has 0 aliphatic carbocycles. The van der Waals surface area contributed by atoms with Gasteiger partial charge >= 0.3 is 0 Å². The summed E-state index contributed by atoms with van der Waals surface area (Å²) >= 11 is 1.51. The quantitative estimate of drug-likeness (QED) is 0.537. The van der Waals surface area contributed by atoms with Gasteiger partial charge in [-0.05, 0) is 49.8 Å². The van der Waals surface area contributed by atoms with Crippen molar-refractivity contribution < 1.29 is 9.47 Å². The van der Waals surface area contributed by atoms with Gasteiger partial charge < -0.3 is 14.8 Å². The molecule has 8 heteroatoms. The predicted molar refractivity (Wildman–Crippen MR) is 102 cm³/mol. The molecule has 1 N–H and O–H groups in total. The van der Waals surface area contributed by atoms with Crippen LogP contribution in [-0.4, -0.2) is 39.5 Å². The first-order valence-electron chi connectivity index (χ1n) is 8.59. The second kappa shape index (κ2) is 7.51. The Kier molecular flexibility index (Phi) is 4.94. The van der Waals surface area contributed by atoms with Gasteiger partial charge in [-0.1, -0.05) is 11.8 Å². The van der Waals surface area contributed by atoms with Crippen LogP contribution in [0.2, 0.25) is 0 Å². The minimum absolute atomic E-state index is 0.00723. The van der Waals surface area contributed by atoms with Gasteiger partial charge in [-0.2, -0.15) is 0 Å². The molecular weight excluding hydrogens is 350 g/mol. The van der Waals surface area contributed by atoms with Crippen molar-refractivity contribution >= 4 is 34.4 Å². The van der Waals surface area contributed by atoms with Crippen LogP contribution in [0.5, 0.6) is 5.75 Å². The number of imidazole rings is 1. The zero-order chi connectivity index (χ0) is 17.9. The molecule has 3 aromatic rings. The first-order valence-corrected chi connectivity index (χ1v) is 9.82. The van der Waals surface area contributed by atoms with E-state index in [0.29, 0.717) is 11.0 Å². The lowest BCUT2D eigenvalue weighted by molar-refractivity contribution is -0.0298. The van der Waals surface area contributed by atoms with E-state index in [4.69, 9.17) is 9.47 Å². The summed E-state index contributed by atoms with van der Waals surface area (Å²) in [5.74, 6) is 1.51. The van der Waals surface area contributed by atoms with Crippen LogP contribution >= 0.6 is 11.8 Å². The fraction of sp³-hybridized carbons (Fsp3) is 0.389. The van der Waals surface area contributed by atoms with E-state index in [2.05, 4.69) is 20.3 Å². The number of methoxy groups -OCH3 is 1. The number of hydrogen-bond acceptors (Lipinski definition) is 7. The summed E-state index contributed by atoms with van der Waals surface area (Å²) in [6, 6.07) is 7.72. The average molecular weight is 371 g/mol. The molecule has 0 saturated carbocycles. The molecule has 7 nitrogen and oxygen atoms in total. The van der Waals surface area contributed by atoms with Crippen LogP contribution < -0.4 is 10.1 Å². The Morgan fingerprint density at radius 2 is 2.08 bits per heavy atom. The minimum atomic E-state index is -0.00723. The van der Waals surface area contributed by atoms with Crippen molar-refractivity contribution in [1.82, 2.24) is 19.5 Å². The van der Waals surface area contributed by atoms with Crippen LogP contribution in [0.25, 0.3) is 11.2 Å². The number of ether oxygens (including phenoxy) is 2. The second-order valence-electron chi connectivity index (χ2n) is 6.06. The molecule has 0 amide bonds. The van der Waals surface area contributed by atoms with E-state index in [-0.39, 0.29) is 6.23 Å². The monoisotopic (exact) mass is 371 g/mol. The number of nitrogens with zero attached hydrogens (tertiary/aromatic N) is 4. The third-order valence-electron chi connectivity index (χ3n) is 4.40. The largest absolute Gasteiger partial charge is 0.497 e. The molecular formula is C18H21N5O2S. The molecule has 136 valence electrons. The van der Waals surface area contributed by atoms with Gasteiger partial charge in [0.05, 0.1) is 13.4 Å². The van der Waals surface area contributed by atoms with Crippen LogP contribution in [-0.2, 0) is 4.74 Å². The summed E-state index contributed by atoms with van der Waals surface area (Å²) in [6.45, 7) is 0.780. The summed E-state index contributed by atoms with van der Waals surface area (Å²) in [4.78, 5) is 13.8. The Balaban J connectivity index is 1.72. The standard InChI is InChI=1S/C18H21N5O2S/c1-24-13-8-6-12(7-9-13)20-16-15-17(22-18(21-16)26-2)23(11-19-15)14-5-3-4-10-25-14/h6-9,11,14H,3-5,10H2,1-2H3,(H,20,21,22). The zero-order valence-electron chi connectivity index (χ0n) is 14.8. The Morgan fingerprint density at radius 3 is 2.77 bits per heavy atom. The van der Waals surface area contributed by atoms with Gasteiger partial charge in [-0.25, -0.2) is 15.0 Å². The highest BCUT2D eigenvalue weighted by molar-refractivity contribution is 7.98. The molecule has 26 heavy (non-hydrogen) atoms. The van der Waals surface area contributed by atoms with Crippen molar-refractivity contribution in [1.29, 1.82) is 0 Å². The molecule has 1 aliphatic heterocycles. The number of rotatable bonds is 5. The molecule has 0 radical (unpaired) electrons. The smallest absolute Gasteiger partial charge is 0.191 e. The van der Waals surface area contributed by atoms with E-state index < -0.39 is 0 Å². The molecule has 3 heterocycles. The van der Waals surface area contributed by atoms with Crippen molar-refractivity contribution in [2.45, 2.75) is 30.6 Å². The number of hydrogen-bond donors (Lipinski definition) is 1. The summed E-state index contributed by atoms with van der Waals surface area (Å²) in [7, 11) is 1.65. The Bertz CT molecular complexity index is 890. The van der Waals surface area contributed by atoms with Crippen LogP contribution in [0.3, 0.4) is 0 Å². The van der Waals surface area contributed by atoms with E-state index in [1.165, 1.54) is 11.8 Å². The van der Waals surface area contributed by atoms with Crippen LogP contribution in [0.4, 0.5) is 11.5 Å². The van der Waals surface area contributed by atoms with Gasteiger partial charge in [0.2, 0.25) is 0 Å². The topological polar surface area (TPSA) is 74.1 Å². The van der Waals surface area contributed by atoms with Gasteiger partial charge in [-0.3, -0.25) is 4.57 Å². The second-order valence-corrected chi connectivity index (χ2v) is 6.83. The lowest BCUT2D eigenvalue weighted by Crippen LogP contribution is -2.17. The fourth-order valence-electron chi connectivity index (χ4n) is 3.04. The van der Waals surface area contributed by atoms with E-state index in [1.54, 1.807) is 13.4 Å². The number of anilines is 2. The molecule has 1 atom stereocenters. The van der Waals surface area contributed by atoms with Gasteiger partial charge in [0.15, 0.2) is 22.1 Å². The highest BCUT2D eigenvalue weighted by Crippen LogP contribution is 2.30. The fourth-order valence-corrected chi connectivity index (χ4v) is 3.40. The number of fused-ring (bicyclic) bond motifs is 1. The van der Waals surface area contributed by atoms with Gasteiger partial charge in [0.1, 0.15) is 12.0 Å². The predicted octanol–water partition coefficient (Wildman–Crippen LogP) is 4.00. The first kappa shape index (κ1) is 17.1. The van der Waals surface area contributed by atoms with Gasteiger partial charge in [-0.15, -0.1) is 0 Å². The third kappa shape index (κ3) is 3.34. The Morgan fingerprint density at radius 1 is 1.23 bits per heavy atom. The lowest BCUT2D eigenvalue weighted by atomic mass is 10.2. The van der Waals surface area contributed by atoms with E-state index in [0.717, 1.165) is 48.5 Å². The maximum atomic E-state index is 5.91. The van der Waals surface area contributed by atoms with Crippen molar-refractivity contribution in [2.24, 2.45) is 0 Å². The first-order chi connectivity index (χ1) is 12.8. The lowest BCUT2D eigenvalue weighted by Gasteiger charge is -2.23. The average Bonchev–Trinajstić information content (AvgIpc) is 3.13. The van der Waals surface area contributed by atoms with Gasteiger partial charge in [0.25, 0.3) is 0 Å². The molecule has 1 aromatic carbocycles. The number of aromatic nitrogens is 4. The summed E-state index contributed by atoms with van der Waals surface area (Å²) in [5, 5.41) is 4.05.